The number of aliphatic hydroxyl groups excluding tert-OH is 1. The molecule has 1 fully saturated rings. The van der Waals surface area contributed by atoms with Crippen LogP contribution < -0.4 is 15.0 Å². The number of aromatic nitrogens is 3. The van der Waals surface area contributed by atoms with E-state index in [2.05, 4.69) is 44.3 Å². The van der Waals surface area contributed by atoms with Crippen LogP contribution in [0.4, 0.5) is 26.9 Å². The first kappa shape index (κ1) is 40.9. The van der Waals surface area contributed by atoms with Crippen LogP contribution in [0.3, 0.4) is 0 Å². The zero-order chi connectivity index (χ0) is 38.6. The summed E-state index contributed by atoms with van der Waals surface area (Å²) in [4.78, 5) is 35.6. The number of hydrogen-bond acceptors (Lipinski definition) is 10. The van der Waals surface area contributed by atoms with Crippen molar-refractivity contribution in [3.63, 3.8) is 0 Å². The van der Waals surface area contributed by atoms with E-state index in [1.54, 1.807) is 45.9 Å². The molecule has 3 heterocycles. The lowest BCUT2D eigenvalue weighted by atomic mass is 10.0. The van der Waals surface area contributed by atoms with Crippen LogP contribution in [0.1, 0.15) is 87.6 Å². The summed E-state index contributed by atoms with van der Waals surface area (Å²) in [7, 11) is -2.20. The van der Waals surface area contributed by atoms with Crippen molar-refractivity contribution in [2.75, 3.05) is 36.5 Å². The van der Waals surface area contributed by atoms with Crippen molar-refractivity contribution in [3.8, 4) is 5.75 Å². The number of hydrogen-bond donors (Lipinski definition) is 2. The molecule has 2 atom stereocenters. The number of carbonyl (C=O) groups is 2. The van der Waals surface area contributed by atoms with Crippen molar-refractivity contribution < 1.29 is 33.3 Å². The molecule has 1 unspecified atom stereocenters. The molecule has 14 heteroatoms. The second-order valence-electron chi connectivity index (χ2n) is 16.9. The van der Waals surface area contributed by atoms with Crippen LogP contribution in [-0.2, 0) is 20.3 Å². The summed E-state index contributed by atoms with van der Waals surface area (Å²) in [5, 5.41) is 19.9. The molecule has 1 aromatic carbocycles. The Bertz CT molecular complexity index is 1670. The van der Waals surface area contributed by atoms with Gasteiger partial charge in [0.1, 0.15) is 22.8 Å². The van der Waals surface area contributed by atoms with E-state index in [0.717, 1.165) is 12.8 Å². The van der Waals surface area contributed by atoms with Crippen LogP contribution in [-0.4, -0.2) is 94.8 Å². The number of fused-ring (bicyclic) bond motifs is 1. The standard InChI is InChI=1S/C38H60N6O7Si/c1-13-48-29-18-16-27(17-19-29)43(35(47)51-37(5,6)7)33-30(23-28(45)25-49-52(11,12)38(8,9)10)32(41-31-20-21-39-44(31)33)40-26-15-14-22-42(24-26)34(46)50-36(2,3)4/h16-21,26,28,45H,13-15,22-25H2,1-12H3,(H,40,41)/t26?,28-/m0/s1. The molecule has 1 aliphatic heterocycles. The fraction of sp³-hybridized carbons (Fsp3) is 0.632. The quantitative estimate of drug-likeness (QED) is 0.186. The van der Waals surface area contributed by atoms with Crippen LogP contribution in [0, 0.1) is 0 Å². The molecule has 52 heavy (non-hydrogen) atoms. The molecule has 2 N–H and O–H groups in total. The molecule has 2 aromatic heterocycles. The normalized spacial score (nSPS) is 16.4. The SMILES string of the molecule is CCOc1ccc(N(C(=O)OC(C)(C)C)c2c(C[C@H](O)CO[Si](C)(C)C(C)(C)C)c(NC3CCCN(C(=O)OC(C)(C)C)C3)nc3ccnn23)cc1. The maximum absolute atomic E-state index is 14.3. The topological polar surface area (TPSA) is 140 Å². The number of nitrogens with zero attached hydrogens (tertiary/aromatic N) is 5. The van der Waals surface area contributed by atoms with Crippen LogP contribution in [0.5, 0.6) is 5.75 Å². The van der Waals surface area contributed by atoms with Gasteiger partial charge in [0.2, 0.25) is 0 Å². The number of anilines is 3. The van der Waals surface area contributed by atoms with E-state index in [1.807, 2.05) is 48.5 Å². The Kier molecular flexibility index (Phi) is 12.6. The Morgan fingerprint density at radius 2 is 1.67 bits per heavy atom. The number of carbonyl (C=O) groups excluding carboxylic acids is 2. The van der Waals surface area contributed by atoms with Gasteiger partial charge in [0.15, 0.2) is 19.8 Å². The molecular formula is C38H60N6O7Si. The van der Waals surface area contributed by atoms with E-state index in [9.17, 15) is 14.7 Å². The lowest BCUT2D eigenvalue weighted by molar-refractivity contribution is 0.0206. The zero-order valence-electron chi connectivity index (χ0n) is 33.2. The number of rotatable bonds is 11. The predicted octanol–water partition coefficient (Wildman–Crippen LogP) is 7.94. The van der Waals surface area contributed by atoms with Gasteiger partial charge in [-0.15, -0.1) is 0 Å². The fourth-order valence-electron chi connectivity index (χ4n) is 5.57. The summed E-state index contributed by atoms with van der Waals surface area (Å²) in [6.07, 6.45) is 1.27. The lowest BCUT2D eigenvalue weighted by Gasteiger charge is -2.37. The van der Waals surface area contributed by atoms with Gasteiger partial charge in [-0.3, -0.25) is 0 Å². The van der Waals surface area contributed by atoms with Crippen molar-refractivity contribution in [2.24, 2.45) is 0 Å². The number of benzene rings is 1. The summed E-state index contributed by atoms with van der Waals surface area (Å²) in [6.45, 7) is 25.2. The minimum atomic E-state index is -2.20. The van der Waals surface area contributed by atoms with Gasteiger partial charge in [0.25, 0.3) is 0 Å². The molecule has 3 aromatic rings. The van der Waals surface area contributed by atoms with E-state index in [-0.39, 0.29) is 30.2 Å². The van der Waals surface area contributed by atoms with Gasteiger partial charge >= 0.3 is 12.2 Å². The molecule has 288 valence electrons. The highest BCUT2D eigenvalue weighted by atomic mass is 28.4. The van der Waals surface area contributed by atoms with E-state index < -0.39 is 31.7 Å². The molecule has 4 rings (SSSR count). The van der Waals surface area contributed by atoms with Crippen LogP contribution >= 0.6 is 0 Å². The van der Waals surface area contributed by atoms with Crippen molar-refractivity contribution in [1.29, 1.82) is 0 Å². The van der Waals surface area contributed by atoms with Crippen LogP contribution in [0.25, 0.3) is 5.65 Å². The number of ether oxygens (including phenoxy) is 3. The van der Waals surface area contributed by atoms with Gasteiger partial charge in [0.05, 0.1) is 31.2 Å². The third-order valence-corrected chi connectivity index (χ3v) is 13.6. The highest BCUT2D eigenvalue weighted by Gasteiger charge is 2.38. The highest BCUT2D eigenvalue weighted by molar-refractivity contribution is 6.74. The molecule has 13 nitrogen and oxygen atoms in total. The Morgan fingerprint density at radius 3 is 2.27 bits per heavy atom. The van der Waals surface area contributed by atoms with Crippen molar-refractivity contribution in [1.82, 2.24) is 19.5 Å². The monoisotopic (exact) mass is 740 g/mol. The Hall–Kier alpha value is -3.88. The lowest BCUT2D eigenvalue weighted by Crippen LogP contribution is -2.47. The minimum absolute atomic E-state index is 0.0533. The largest absolute Gasteiger partial charge is 0.494 e. The number of amides is 2. The Balaban J connectivity index is 1.86. The second kappa shape index (κ2) is 16.0. The summed E-state index contributed by atoms with van der Waals surface area (Å²) >= 11 is 0. The first-order chi connectivity index (χ1) is 24.1. The molecule has 0 bridgehead atoms. The molecular weight excluding hydrogens is 681 g/mol. The maximum atomic E-state index is 14.3. The number of piperidine rings is 1. The molecule has 0 aliphatic carbocycles. The predicted molar refractivity (Wildman–Crippen MR) is 206 cm³/mol. The van der Waals surface area contributed by atoms with E-state index in [4.69, 9.17) is 23.6 Å². The van der Waals surface area contributed by atoms with Crippen LogP contribution in [0.2, 0.25) is 18.1 Å². The average Bonchev–Trinajstić information content (AvgIpc) is 3.48. The first-order valence-electron chi connectivity index (χ1n) is 18.3. The van der Waals surface area contributed by atoms with Gasteiger partial charge < -0.3 is 34.0 Å². The van der Waals surface area contributed by atoms with Crippen molar-refractivity contribution in [2.45, 2.75) is 130 Å². The third kappa shape index (κ3) is 10.6. The molecule has 0 spiro atoms. The molecule has 1 aliphatic rings. The van der Waals surface area contributed by atoms with Gasteiger partial charge in [-0.25, -0.2) is 19.5 Å². The van der Waals surface area contributed by atoms with E-state index in [0.29, 0.717) is 54.0 Å². The molecule has 0 radical (unpaired) electrons. The summed E-state index contributed by atoms with van der Waals surface area (Å²) in [5.41, 5.74) is 0.0859. The fourth-order valence-corrected chi connectivity index (χ4v) is 6.62. The van der Waals surface area contributed by atoms with Crippen molar-refractivity contribution >= 4 is 43.5 Å². The number of aliphatic hydroxyl groups is 1. The zero-order valence-corrected chi connectivity index (χ0v) is 34.2. The van der Waals surface area contributed by atoms with Gasteiger partial charge in [-0.05, 0) is 104 Å². The third-order valence-electron chi connectivity index (χ3n) is 9.10. The highest BCUT2D eigenvalue weighted by Crippen LogP contribution is 2.39. The smallest absolute Gasteiger partial charge is 0.420 e. The summed E-state index contributed by atoms with van der Waals surface area (Å²) in [5.74, 6) is 1.48. The first-order valence-corrected chi connectivity index (χ1v) is 21.2. The van der Waals surface area contributed by atoms with Gasteiger partial charge in [-0.1, -0.05) is 20.8 Å². The van der Waals surface area contributed by atoms with Crippen molar-refractivity contribution in [3.05, 3.63) is 42.1 Å². The van der Waals surface area contributed by atoms with Gasteiger partial charge in [-0.2, -0.15) is 9.61 Å². The molecule has 2 amide bonds. The minimum Gasteiger partial charge on any atom is -0.494 e. The summed E-state index contributed by atoms with van der Waals surface area (Å²) in [6, 6.07) is 8.75. The number of nitrogens with one attached hydrogen (secondary N) is 1. The van der Waals surface area contributed by atoms with E-state index >= 15 is 0 Å². The molecule has 0 saturated carbocycles. The van der Waals surface area contributed by atoms with Gasteiger partial charge in [0, 0.05) is 37.2 Å². The number of likely N-dealkylation sites (tertiary alicyclic amines) is 1. The summed E-state index contributed by atoms with van der Waals surface area (Å²) < 4.78 is 25.4. The molecule has 1 saturated heterocycles. The Morgan fingerprint density at radius 1 is 1.02 bits per heavy atom. The van der Waals surface area contributed by atoms with Crippen LogP contribution in [0.15, 0.2) is 36.5 Å². The average molecular weight is 741 g/mol. The Labute approximate surface area is 310 Å². The van der Waals surface area contributed by atoms with E-state index in [1.165, 1.54) is 4.90 Å². The maximum Gasteiger partial charge on any atom is 0.420 e. The second-order valence-corrected chi connectivity index (χ2v) is 21.8.